The van der Waals surface area contributed by atoms with E-state index in [-0.39, 0.29) is 11.8 Å². The van der Waals surface area contributed by atoms with E-state index in [0.717, 1.165) is 11.1 Å². The SMILES string of the molecule is N[C@@H]1Cc2c(O)cccc2[C@@H]1O. The molecule has 4 N–H and O–H groups in total. The number of hydrogen-bond acceptors (Lipinski definition) is 3. The minimum Gasteiger partial charge on any atom is -0.508 e. The normalized spacial score (nSPS) is 27.2. The van der Waals surface area contributed by atoms with Crippen molar-refractivity contribution in [2.75, 3.05) is 0 Å². The van der Waals surface area contributed by atoms with Crippen LogP contribution in [0.15, 0.2) is 18.2 Å². The van der Waals surface area contributed by atoms with Crippen molar-refractivity contribution in [1.29, 1.82) is 0 Å². The van der Waals surface area contributed by atoms with E-state index in [1.807, 2.05) is 0 Å². The summed E-state index contributed by atoms with van der Waals surface area (Å²) in [4.78, 5) is 0. The second-order valence-electron chi connectivity index (χ2n) is 3.16. The summed E-state index contributed by atoms with van der Waals surface area (Å²) in [5.74, 6) is 0.236. The summed E-state index contributed by atoms with van der Waals surface area (Å²) in [6.45, 7) is 0. The molecule has 0 unspecified atom stereocenters. The lowest BCUT2D eigenvalue weighted by Crippen LogP contribution is -2.24. The fraction of sp³-hybridized carbons (Fsp3) is 0.333. The highest BCUT2D eigenvalue weighted by atomic mass is 16.3. The Morgan fingerprint density at radius 2 is 2.17 bits per heavy atom. The van der Waals surface area contributed by atoms with Crippen molar-refractivity contribution in [1.82, 2.24) is 0 Å². The van der Waals surface area contributed by atoms with Crippen LogP contribution in [0.1, 0.15) is 17.2 Å². The van der Waals surface area contributed by atoms with Gasteiger partial charge in [0, 0.05) is 11.6 Å². The highest BCUT2D eigenvalue weighted by molar-refractivity contribution is 5.45. The molecule has 0 amide bonds. The van der Waals surface area contributed by atoms with Gasteiger partial charge in [-0.15, -0.1) is 0 Å². The lowest BCUT2D eigenvalue weighted by molar-refractivity contribution is 0.159. The summed E-state index contributed by atoms with van der Waals surface area (Å²) in [7, 11) is 0. The number of hydrogen-bond donors (Lipinski definition) is 3. The van der Waals surface area contributed by atoms with Gasteiger partial charge in [-0.05, 0) is 18.1 Å². The second-order valence-corrected chi connectivity index (χ2v) is 3.16. The van der Waals surface area contributed by atoms with Crippen LogP contribution < -0.4 is 5.73 Å². The molecule has 1 aliphatic carbocycles. The zero-order valence-electron chi connectivity index (χ0n) is 6.57. The van der Waals surface area contributed by atoms with E-state index in [4.69, 9.17) is 5.73 Å². The van der Waals surface area contributed by atoms with E-state index in [1.165, 1.54) is 0 Å². The number of aromatic hydroxyl groups is 1. The Balaban J connectivity index is 2.53. The molecular formula is C9H11NO2. The van der Waals surface area contributed by atoms with Gasteiger partial charge >= 0.3 is 0 Å². The van der Waals surface area contributed by atoms with Crippen LogP contribution in [-0.4, -0.2) is 16.3 Å². The number of rotatable bonds is 0. The first-order valence-corrected chi connectivity index (χ1v) is 3.94. The third-order valence-corrected chi connectivity index (χ3v) is 2.35. The van der Waals surface area contributed by atoms with Gasteiger partial charge in [0.2, 0.25) is 0 Å². The Labute approximate surface area is 70.4 Å². The van der Waals surface area contributed by atoms with E-state index in [1.54, 1.807) is 18.2 Å². The van der Waals surface area contributed by atoms with Gasteiger partial charge in [-0.1, -0.05) is 12.1 Å². The molecule has 1 aliphatic rings. The summed E-state index contributed by atoms with van der Waals surface area (Å²) < 4.78 is 0. The van der Waals surface area contributed by atoms with Crippen molar-refractivity contribution in [2.24, 2.45) is 5.73 Å². The van der Waals surface area contributed by atoms with Crippen LogP contribution in [0.2, 0.25) is 0 Å². The lowest BCUT2D eigenvalue weighted by Gasteiger charge is -2.07. The van der Waals surface area contributed by atoms with Crippen molar-refractivity contribution in [2.45, 2.75) is 18.6 Å². The molecule has 2 atom stereocenters. The van der Waals surface area contributed by atoms with Gasteiger partial charge in [0.05, 0.1) is 6.10 Å². The molecule has 0 spiro atoms. The first kappa shape index (κ1) is 7.58. The van der Waals surface area contributed by atoms with Crippen molar-refractivity contribution in [3.63, 3.8) is 0 Å². The summed E-state index contributed by atoms with van der Waals surface area (Å²) in [5, 5.41) is 18.9. The molecule has 1 aromatic carbocycles. The summed E-state index contributed by atoms with van der Waals surface area (Å²) in [6, 6.07) is 4.86. The molecule has 0 fully saturated rings. The zero-order chi connectivity index (χ0) is 8.72. The average Bonchev–Trinajstić information content (AvgIpc) is 2.32. The van der Waals surface area contributed by atoms with Gasteiger partial charge in [-0.3, -0.25) is 0 Å². The minimum atomic E-state index is -0.618. The van der Waals surface area contributed by atoms with Crippen molar-refractivity contribution in [3.05, 3.63) is 29.3 Å². The van der Waals surface area contributed by atoms with Crippen LogP contribution in [0.25, 0.3) is 0 Å². The van der Waals surface area contributed by atoms with Crippen LogP contribution in [0, 0.1) is 0 Å². The second kappa shape index (κ2) is 2.47. The number of phenols is 1. The predicted octanol–water partition coefficient (Wildman–Crippen LogP) is 0.309. The van der Waals surface area contributed by atoms with Crippen molar-refractivity contribution < 1.29 is 10.2 Å². The first-order chi connectivity index (χ1) is 5.70. The Morgan fingerprint density at radius 1 is 1.42 bits per heavy atom. The van der Waals surface area contributed by atoms with Crippen molar-refractivity contribution >= 4 is 0 Å². The molecule has 0 saturated carbocycles. The number of fused-ring (bicyclic) bond motifs is 1. The Morgan fingerprint density at radius 3 is 2.83 bits per heavy atom. The Bertz CT molecular complexity index is 311. The third kappa shape index (κ3) is 0.906. The van der Waals surface area contributed by atoms with Gasteiger partial charge in [0.25, 0.3) is 0 Å². The lowest BCUT2D eigenvalue weighted by atomic mass is 10.1. The third-order valence-electron chi connectivity index (χ3n) is 2.35. The maximum atomic E-state index is 9.54. The highest BCUT2D eigenvalue weighted by Gasteiger charge is 2.29. The van der Waals surface area contributed by atoms with E-state index in [2.05, 4.69) is 0 Å². The maximum Gasteiger partial charge on any atom is 0.119 e. The van der Waals surface area contributed by atoms with E-state index < -0.39 is 6.10 Å². The number of phenolic OH excluding ortho intramolecular Hbond substituents is 1. The standard InChI is InChI=1S/C9H11NO2/c10-7-4-6-5(9(7)12)2-1-3-8(6)11/h1-3,7,9,11-12H,4,10H2/t7-,9+/m1/s1. The predicted molar refractivity (Wildman–Crippen MR) is 44.7 cm³/mol. The molecular weight excluding hydrogens is 154 g/mol. The monoisotopic (exact) mass is 165 g/mol. The molecule has 3 nitrogen and oxygen atoms in total. The average molecular weight is 165 g/mol. The molecule has 0 bridgehead atoms. The Hall–Kier alpha value is -1.06. The van der Waals surface area contributed by atoms with Gasteiger partial charge < -0.3 is 15.9 Å². The molecule has 64 valence electrons. The van der Waals surface area contributed by atoms with Crippen LogP contribution in [-0.2, 0) is 6.42 Å². The number of aliphatic hydroxyl groups excluding tert-OH is 1. The van der Waals surface area contributed by atoms with Crippen LogP contribution in [0.3, 0.4) is 0 Å². The molecule has 3 heteroatoms. The van der Waals surface area contributed by atoms with E-state index in [0.29, 0.717) is 6.42 Å². The van der Waals surface area contributed by atoms with Crippen LogP contribution in [0.5, 0.6) is 5.75 Å². The molecule has 2 rings (SSSR count). The van der Waals surface area contributed by atoms with Gasteiger partial charge in [0.15, 0.2) is 0 Å². The molecule has 0 aromatic heterocycles. The number of benzene rings is 1. The molecule has 0 saturated heterocycles. The fourth-order valence-corrected chi connectivity index (χ4v) is 1.67. The zero-order valence-corrected chi connectivity index (χ0v) is 6.57. The summed E-state index contributed by atoms with van der Waals surface area (Å²) in [6.07, 6.45) is -0.0597. The molecule has 12 heavy (non-hydrogen) atoms. The van der Waals surface area contributed by atoms with Crippen molar-refractivity contribution in [3.8, 4) is 5.75 Å². The highest BCUT2D eigenvalue weighted by Crippen LogP contribution is 2.35. The van der Waals surface area contributed by atoms with Crippen LogP contribution in [0.4, 0.5) is 0 Å². The van der Waals surface area contributed by atoms with Gasteiger partial charge in [-0.25, -0.2) is 0 Å². The summed E-state index contributed by atoms with van der Waals surface area (Å²) in [5.41, 5.74) is 7.19. The topological polar surface area (TPSA) is 66.5 Å². The molecule has 1 aromatic rings. The van der Waals surface area contributed by atoms with Gasteiger partial charge in [0.1, 0.15) is 5.75 Å². The number of aliphatic hydroxyl groups is 1. The van der Waals surface area contributed by atoms with E-state index >= 15 is 0 Å². The maximum absolute atomic E-state index is 9.54. The smallest absolute Gasteiger partial charge is 0.119 e. The number of nitrogens with two attached hydrogens (primary N) is 1. The van der Waals surface area contributed by atoms with Crippen LogP contribution >= 0.6 is 0 Å². The van der Waals surface area contributed by atoms with E-state index in [9.17, 15) is 10.2 Å². The first-order valence-electron chi connectivity index (χ1n) is 3.94. The quantitative estimate of drug-likeness (QED) is 0.518. The summed E-state index contributed by atoms with van der Waals surface area (Å²) >= 11 is 0. The minimum absolute atomic E-state index is 0.236. The van der Waals surface area contributed by atoms with Gasteiger partial charge in [-0.2, -0.15) is 0 Å². The molecule has 0 heterocycles. The molecule has 0 aliphatic heterocycles. The largest absolute Gasteiger partial charge is 0.508 e. The Kier molecular flexibility index (Phi) is 1.56. The molecule has 0 radical (unpaired) electrons. The fourth-order valence-electron chi connectivity index (χ4n) is 1.67.